The number of halogens is 1. The van der Waals surface area contributed by atoms with E-state index in [1.165, 1.54) is 4.57 Å². The van der Waals surface area contributed by atoms with Gasteiger partial charge in [-0.3, -0.25) is 9.59 Å². The Morgan fingerprint density at radius 3 is 2.83 bits per heavy atom. The number of benzene rings is 1. The summed E-state index contributed by atoms with van der Waals surface area (Å²) >= 11 is 6.10. The molecule has 1 aliphatic heterocycles. The third-order valence-corrected chi connectivity index (χ3v) is 5.66. The number of nitrogens with zero attached hydrogens (tertiary/aromatic N) is 5. The molecule has 1 amide bonds. The van der Waals surface area contributed by atoms with Crippen molar-refractivity contribution in [2.45, 2.75) is 33.0 Å². The molecule has 3 aromatic heterocycles. The monoisotopic (exact) mass is 423 g/mol. The predicted octanol–water partition coefficient (Wildman–Crippen LogP) is 3.18. The Kier molecular flexibility index (Phi) is 4.25. The van der Waals surface area contributed by atoms with Crippen molar-refractivity contribution in [2.24, 2.45) is 0 Å². The molecule has 4 heterocycles. The molecule has 30 heavy (non-hydrogen) atoms. The van der Waals surface area contributed by atoms with Gasteiger partial charge in [0.15, 0.2) is 5.58 Å². The Bertz CT molecular complexity index is 1350. The summed E-state index contributed by atoms with van der Waals surface area (Å²) in [6, 6.07) is 8.41. The molecule has 9 heteroatoms. The van der Waals surface area contributed by atoms with E-state index in [1.54, 1.807) is 52.3 Å². The van der Waals surface area contributed by atoms with Crippen LogP contribution < -0.4 is 5.56 Å². The average Bonchev–Trinajstić information content (AvgIpc) is 3.32. The normalized spacial score (nSPS) is 16.3. The molecule has 1 aliphatic rings. The zero-order chi connectivity index (χ0) is 21.0. The highest BCUT2D eigenvalue weighted by Gasteiger charge is 2.32. The van der Waals surface area contributed by atoms with Crippen molar-refractivity contribution in [1.29, 1.82) is 0 Å². The summed E-state index contributed by atoms with van der Waals surface area (Å²) in [6.07, 6.45) is 3.38. The van der Waals surface area contributed by atoms with Crippen LogP contribution in [0, 0.1) is 6.92 Å². The van der Waals surface area contributed by atoms with Crippen LogP contribution in [0.2, 0.25) is 5.02 Å². The van der Waals surface area contributed by atoms with Gasteiger partial charge in [0, 0.05) is 29.2 Å². The fourth-order valence-corrected chi connectivity index (χ4v) is 4.03. The van der Waals surface area contributed by atoms with Gasteiger partial charge in [-0.25, -0.2) is 4.98 Å². The van der Waals surface area contributed by atoms with Crippen LogP contribution in [0.25, 0.3) is 16.7 Å². The SMILES string of the molecule is Cc1cn(-c2ccc3n(c2=O)C[C@@H](C)N(Cc2noc4ccc(Cl)cc24)C3=O)cn1. The van der Waals surface area contributed by atoms with Gasteiger partial charge < -0.3 is 18.6 Å². The van der Waals surface area contributed by atoms with Crippen LogP contribution in [0.3, 0.4) is 0 Å². The number of fused-ring (bicyclic) bond motifs is 2. The smallest absolute Gasteiger partial charge is 0.275 e. The quantitative estimate of drug-likeness (QED) is 0.505. The van der Waals surface area contributed by atoms with Crippen LogP contribution in [0.5, 0.6) is 0 Å². The number of hydrogen-bond donors (Lipinski definition) is 0. The molecule has 0 spiro atoms. The van der Waals surface area contributed by atoms with Gasteiger partial charge in [0.1, 0.15) is 17.1 Å². The van der Waals surface area contributed by atoms with Crippen molar-refractivity contribution < 1.29 is 9.32 Å². The molecule has 1 atom stereocenters. The second-order valence-electron chi connectivity index (χ2n) is 7.49. The van der Waals surface area contributed by atoms with Crippen LogP contribution in [0.15, 0.2) is 52.2 Å². The number of amides is 1. The van der Waals surface area contributed by atoms with Crippen molar-refractivity contribution >= 4 is 28.5 Å². The van der Waals surface area contributed by atoms with Gasteiger partial charge >= 0.3 is 0 Å². The summed E-state index contributed by atoms with van der Waals surface area (Å²) in [5.41, 5.74) is 2.66. The van der Waals surface area contributed by atoms with Crippen molar-refractivity contribution in [3.8, 4) is 5.69 Å². The zero-order valence-corrected chi connectivity index (χ0v) is 17.1. The number of carbonyl (C=O) groups is 1. The van der Waals surface area contributed by atoms with Gasteiger partial charge in [-0.15, -0.1) is 0 Å². The van der Waals surface area contributed by atoms with Crippen LogP contribution >= 0.6 is 11.6 Å². The van der Waals surface area contributed by atoms with Crippen LogP contribution in [-0.2, 0) is 13.1 Å². The van der Waals surface area contributed by atoms with Crippen molar-refractivity contribution in [3.05, 3.63) is 75.3 Å². The third-order valence-electron chi connectivity index (χ3n) is 5.43. The number of carbonyl (C=O) groups excluding carboxylic acids is 1. The summed E-state index contributed by atoms with van der Waals surface area (Å²) in [5.74, 6) is -0.225. The lowest BCUT2D eigenvalue weighted by Gasteiger charge is -2.35. The fraction of sp³-hybridized carbons (Fsp3) is 0.238. The van der Waals surface area contributed by atoms with Crippen molar-refractivity contribution in [1.82, 2.24) is 24.2 Å². The number of pyridine rings is 1. The summed E-state index contributed by atoms with van der Waals surface area (Å²) in [7, 11) is 0. The fourth-order valence-electron chi connectivity index (χ4n) is 3.86. The maximum Gasteiger partial charge on any atom is 0.275 e. The molecule has 152 valence electrons. The molecule has 4 aromatic rings. The maximum absolute atomic E-state index is 13.2. The predicted molar refractivity (Wildman–Crippen MR) is 111 cm³/mol. The second-order valence-corrected chi connectivity index (χ2v) is 7.93. The molecule has 0 aliphatic carbocycles. The van der Waals surface area contributed by atoms with Crippen molar-refractivity contribution in [3.63, 3.8) is 0 Å². The van der Waals surface area contributed by atoms with Crippen molar-refractivity contribution in [2.75, 3.05) is 0 Å². The molecule has 0 saturated heterocycles. The first-order valence-electron chi connectivity index (χ1n) is 9.52. The van der Waals surface area contributed by atoms with Crippen LogP contribution in [-0.4, -0.2) is 36.1 Å². The molecule has 0 bridgehead atoms. The molecule has 8 nitrogen and oxygen atoms in total. The van der Waals surface area contributed by atoms with Gasteiger partial charge in [0.2, 0.25) is 0 Å². The largest absolute Gasteiger partial charge is 0.356 e. The lowest BCUT2D eigenvalue weighted by atomic mass is 10.1. The van der Waals surface area contributed by atoms with Gasteiger partial charge in [-0.2, -0.15) is 0 Å². The molecule has 0 saturated carbocycles. The maximum atomic E-state index is 13.2. The standard InChI is InChI=1S/C21H18ClN5O3/c1-12-8-25(11-23-12)17-4-5-18-21(29)26(13(2)9-27(18)20(17)28)10-16-15-7-14(22)3-6-19(15)30-24-16/h3-8,11,13H,9-10H2,1-2H3/t13-/m1/s1. The van der Waals surface area contributed by atoms with E-state index in [-0.39, 0.29) is 24.1 Å². The summed E-state index contributed by atoms with van der Waals surface area (Å²) in [5, 5.41) is 5.47. The first-order chi connectivity index (χ1) is 14.4. The third kappa shape index (κ3) is 2.91. The van der Waals surface area contributed by atoms with E-state index >= 15 is 0 Å². The Hall–Kier alpha value is -3.39. The Labute approximate surface area is 176 Å². The molecule has 0 unspecified atom stereocenters. The minimum Gasteiger partial charge on any atom is -0.356 e. The molecule has 0 radical (unpaired) electrons. The molecular formula is C21H18ClN5O3. The lowest BCUT2D eigenvalue weighted by molar-refractivity contribution is 0.0585. The topological polar surface area (TPSA) is 86.2 Å². The van der Waals surface area contributed by atoms with Crippen LogP contribution in [0.4, 0.5) is 0 Å². The number of imidazole rings is 1. The van der Waals surface area contributed by atoms with Gasteiger partial charge in [-0.05, 0) is 44.2 Å². The molecule has 1 aromatic carbocycles. The van der Waals surface area contributed by atoms with E-state index in [0.717, 1.165) is 11.1 Å². The van der Waals surface area contributed by atoms with E-state index in [2.05, 4.69) is 10.1 Å². The van der Waals surface area contributed by atoms with E-state index < -0.39 is 0 Å². The summed E-state index contributed by atoms with van der Waals surface area (Å²) < 4.78 is 8.57. The highest BCUT2D eigenvalue weighted by molar-refractivity contribution is 6.31. The number of aromatic nitrogens is 4. The van der Waals surface area contributed by atoms with E-state index in [9.17, 15) is 9.59 Å². The Balaban J connectivity index is 1.51. The molecule has 0 N–H and O–H groups in total. The van der Waals surface area contributed by atoms with E-state index in [4.69, 9.17) is 16.1 Å². The first-order valence-corrected chi connectivity index (χ1v) is 9.90. The number of hydrogen-bond acceptors (Lipinski definition) is 5. The highest BCUT2D eigenvalue weighted by atomic mass is 35.5. The van der Waals surface area contributed by atoms with Gasteiger partial charge in [0.05, 0.1) is 18.6 Å². The molecule has 0 fully saturated rings. The van der Waals surface area contributed by atoms with E-state index in [1.807, 2.05) is 13.8 Å². The summed E-state index contributed by atoms with van der Waals surface area (Å²) in [4.78, 5) is 32.2. The minimum absolute atomic E-state index is 0.201. The molecule has 5 rings (SSSR count). The average molecular weight is 424 g/mol. The number of aryl methyl sites for hydroxylation is 1. The van der Waals surface area contributed by atoms with Gasteiger partial charge in [0.25, 0.3) is 11.5 Å². The van der Waals surface area contributed by atoms with Gasteiger partial charge in [-0.1, -0.05) is 16.8 Å². The Morgan fingerprint density at radius 1 is 1.23 bits per heavy atom. The number of rotatable bonds is 3. The first kappa shape index (κ1) is 18.6. The second kappa shape index (κ2) is 6.84. The lowest BCUT2D eigenvalue weighted by Crippen LogP contribution is -2.49. The van der Waals surface area contributed by atoms with Crippen LogP contribution in [0.1, 0.15) is 28.8 Å². The summed E-state index contributed by atoms with van der Waals surface area (Å²) in [6.45, 7) is 4.43. The van der Waals surface area contributed by atoms with E-state index in [0.29, 0.717) is 34.2 Å². The minimum atomic E-state index is -0.225. The Morgan fingerprint density at radius 2 is 2.07 bits per heavy atom. The zero-order valence-electron chi connectivity index (χ0n) is 16.4. The molecular weight excluding hydrogens is 406 g/mol. The highest BCUT2D eigenvalue weighted by Crippen LogP contribution is 2.26.